The van der Waals surface area contributed by atoms with Crippen LogP contribution in [0.1, 0.15) is 17.7 Å². The van der Waals surface area contributed by atoms with Crippen molar-refractivity contribution in [3.05, 3.63) is 71.9 Å². The number of sulfone groups is 1. The van der Waals surface area contributed by atoms with Crippen LogP contribution in [0.5, 0.6) is 0 Å². The average molecular weight is 494 g/mol. The predicted molar refractivity (Wildman–Crippen MR) is 118 cm³/mol. The van der Waals surface area contributed by atoms with Crippen molar-refractivity contribution in [3.8, 4) is 5.69 Å². The number of hydrogen-bond donors (Lipinski definition) is 0. The van der Waals surface area contributed by atoms with E-state index in [1.807, 2.05) is 0 Å². The van der Waals surface area contributed by atoms with Gasteiger partial charge >= 0.3 is 12.1 Å². The minimum atomic E-state index is -4.48. The molecular weight excluding hydrogens is 471 g/mol. The summed E-state index contributed by atoms with van der Waals surface area (Å²) in [5, 5.41) is 3.48. The van der Waals surface area contributed by atoms with Gasteiger partial charge in [-0.05, 0) is 49.7 Å². The third kappa shape index (κ3) is 4.39. The number of esters is 1. The summed E-state index contributed by atoms with van der Waals surface area (Å²) < 4.78 is 71.8. The molecule has 180 valence electrons. The maximum Gasteiger partial charge on any atom is 0.416 e. The first-order chi connectivity index (χ1) is 16.0. The zero-order valence-corrected chi connectivity index (χ0v) is 19.2. The van der Waals surface area contributed by atoms with Crippen molar-refractivity contribution in [3.63, 3.8) is 0 Å². The molecule has 4 rings (SSSR count). The van der Waals surface area contributed by atoms with Gasteiger partial charge in [-0.15, -0.1) is 0 Å². The lowest BCUT2D eigenvalue weighted by Gasteiger charge is -2.25. The molecule has 3 aromatic rings. The number of benzene rings is 2. The van der Waals surface area contributed by atoms with E-state index in [1.165, 1.54) is 36.1 Å². The maximum absolute atomic E-state index is 13.3. The van der Waals surface area contributed by atoms with Crippen LogP contribution in [0.4, 0.5) is 19.0 Å². The van der Waals surface area contributed by atoms with Crippen molar-refractivity contribution in [2.45, 2.75) is 35.7 Å². The van der Waals surface area contributed by atoms with E-state index < -0.39 is 38.8 Å². The van der Waals surface area contributed by atoms with Gasteiger partial charge in [-0.25, -0.2) is 17.9 Å². The van der Waals surface area contributed by atoms with Crippen LogP contribution in [0.15, 0.2) is 65.6 Å². The smallest absolute Gasteiger partial charge is 0.416 e. The van der Waals surface area contributed by atoms with Crippen molar-refractivity contribution < 1.29 is 31.1 Å². The lowest BCUT2D eigenvalue weighted by atomic mass is 10.2. The first-order valence-electron chi connectivity index (χ1n) is 10.4. The maximum atomic E-state index is 13.3. The molecule has 1 aliphatic heterocycles. The molecule has 11 heteroatoms. The molecule has 1 fully saturated rings. The number of methoxy groups -OCH3 is 1. The van der Waals surface area contributed by atoms with Gasteiger partial charge in [0, 0.05) is 12.6 Å². The second kappa shape index (κ2) is 8.79. The van der Waals surface area contributed by atoms with Crippen molar-refractivity contribution in [2.75, 3.05) is 18.6 Å². The van der Waals surface area contributed by atoms with Crippen LogP contribution < -0.4 is 4.90 Å². The third-order valence-electron chi connectivity index (χ3n) is 5.79. The second-order valence-corrected chi connectivity index (χ2v) is 10.2. The van der Waals surface area contributed by atoms with E-state index in [0.717, 1.165) is 12.1 Å². The Morgan fingerprint density at radius 1 is 1.09 bits per heavy atom. The van der Waals surface area contributed by atoms with Crippen LogP contribution in [-0.2, 0) is 25.5 Å². The Kier molecular flexibility index (Phi) is 6.15. The Balaban J connectivity index is 1.74. The van der Waals surface area contributed by atoms with E-state index in [4.69, 9.17) is 4.74 Å². The summed E-state index contributed by atoms with van der Waals surface area (Å²) in [6.45, 7) is 1.69. The van der Waals surface area contributed by atoms with Gasteiger partial charge in [0.2, 0.25) is 0 Å². The number of anilines is 1. The van der Waals surface area contributed by atoms with Gasteiger partial charge in [0.1, 0.15) is 11.9 Å². The number of halogens is 3. The monoisotopic (exact) mass is 493 g/mol. The van der Waals surface area contributed by atoms with E-state index in [-0.39, 0.29) is 17.9 Å². The SMILES string of the molecule is COC(=O)C1C[C@@H](S(=O)(=O)c2ccccc2)CN1c1cc(C)nn1-c1ccc(C(F)(F)F)cc1. The number of carbonyl (C=O) groups excluding carboxylic acids is 1. The van der Waals surface area contributed by atoms with E-state index in [9.17, 15) is 26.4 Å². The van der Waals surface area contributed by atoms with Gasteiger partial charge < -0.3 is 9.64 Å². The van der Waals surface area contributed by atoms with E-state index in [0.29, 0.717) is 17.2 Å². The molecule has 2 heterocycles. The van der Waals surface area contributed by atoms with Crippen LogP contribution in [0.25, 0.3) is 5.69 Å². The van der Waals surface area contributed by atoms with Gasteiger partial charge in [0.25, 0.3) is 0 Å². The third-order valence-corrected chi connectivity index (χ3v) is 7.94. The number of nitrogens with zero attached hydrogens (tertiary/aromatic N) is 3. The fourth-order valence-corrected chi connectivity index (χ4v) is 5.82. The molecule has 1 saturated heterocycles. The molecule has 0 N–H and O–H groups in total. The summed E-state index contributed by atoms with van der Waals surface area (Å²) in [5.41, 5.74) is 0.0891. The first kappa shape index (κ1) is 23.8. The largest absolute Gasteiger partial charge is 0.467 e. The number of aryl methyl sites for hydroxylation is 1. The van der Waals surface area contributed by atoms with Gasteiger partial charge in [-0.2, -0.15) is 18.3 Å². The molecule has 0 amide bonds. The van der Waals surface area contributed by atoms with Crippen molar-refractivity contribution in [1.29, 1.82) is 0 Å². The second-order valence-electron chi connectivity index (χ2n) is 8.01. The van der Waals surface area contributed by atoms with Crippen LogP contribution in [0.3, 0.4) is 0 Å². The van der Waals surface area contributed by atoms with Gasteiger partial charge in [0.15, 0.2) is 9.84 Å². The fraction of sp³-hybridized carbons (Fsp3) is 0.304. The fourth-order valence-electron chi connectivity index (χ4n) is 4.11. The van der Waals surface area contributed by atoms with Gasteiger partial charge in [-0.1, -0.05) is 18.2 Å². The number of hydrogen-bond acceptors (Lipinski definition) is 6. The summed E-state index contributed by atoms with van der Waals surface area (Å²) in [6.07, 6.45) is -4.48. The molecule has 1 aromatic heterocycles. The average Bonchev–Trinajstić information content (AvgIpc) is 3.43. The van der Waals surface area contributed by atoms with Crippen LogP contribution in [0, 0.1) is 6.92 Å². The molecule has 0 aliphatic carbocycles. The number of aromatic nitrogens is 2. The number of carbonyl (C=O) groups is 1. The molecule has 0 bridgehead atoms. The van der Waals surface area contributed by atoms with Gasteiger partial charge in [0.05, 0.1) is 34.2 Å². The quantitative estimate of drug-likeness (QED) is 0.503. The number of alkyl halides is 3. The molecule has 2 aromatic carbocycles. The highest BCUT2D eigenvalue weighted by Gasteiger charge is 2.45. The number of ether oxygens (including phenoxy) is 1. The van der Waals surface area contributed by atoms with Crippen molar-refractivity contribution in [1.82, 2.24) is 9.78 Å². The molecule has 7 nitrogen and oxygen atoms in total. The Bertz CT molecular complexity index is 1290. The van der Waals surface area contributed by atoms with Crippen LogP contribution >= 0.6 is 0 Å². The highest BCUT2D eigenvalue weighted by molar-refractivity contribution is 7.92. The zero-order chi connectivity index (χ0) is 24.7. The summed E-state index contributed by atoms with van der Waals surface area (Å²) in [4.78, 5) is 14.3. The number of rotatable bonds is 5. The van der Waals surface area contributed by atoms with E-state index >= 15 is 0 Å². The highest BCUT2D eigenvalue weighted by atomic mass is 32.2. The minimum absolute atomic E-state index is 0.00113. The van der Waals surface area contributed by atoms with E-state index in [2.05, 4.69) is 5.10 Å². The highest BCUT2D eigenvalue weighted by Crippen LogP contribution is 2.35. The predicted octanol–water partition coefficient (Wildman–Crippen LogP) is 3.79. The molecule has 0 radical (unpaired) electrons. The standard InChI is InChI=1S/C23H22F3N3O4S/c1-15-12-21(29(27-15)17-10-8-16(9-11-17)23(24,25)26)28-14-19(13-20(28)22(30)33-2)34(31,32)18-6-4-3-5-7-18/h3-12,19-20H,13-14H2,1-2H3/t19-,20?/m1/s1. The molecule has 0 spiro atoms. The normalized spacial score (nSPS) is 18.8. The molecule has 1 aliphatic rings. The summed E-state index contributed by atoms with van der Waals surface area (Å²) in [7, 11) is -2.53. The summed E-state index contributed by atoms with van der Waals surface area (Å²) in [5.74, 6) is -0.220. The van der Waals surface area contributed by atoms with Crippen molar-refractivity contribution >= 4 is 21.6 Å². The van der Waals surface area contributed by atoms with Crippen molar-refractivity contribution in [2.24, 2.45) is 0 Å². The Morgan fingerprint density at radius 2 is 1.74 bits per heavy atom. The molecule has 2 atom stereocenters. The zero-order valence-electron chi connectivity index (χ0n) is 18.4. The lowest BCUT2D eigenvalue weighted by molar-refractivity contribution is -0.142. The lowest BCUT2D eigenvalue weighted by Crippen LogP contribution is -2.38. The molecular formula is C23H22F3N3O4S. The summed E-state index contributed by atoms with van der Waals surface area (Å²) in [6, 6.07) is 13.2. The molecule has 34 heavy (non-hydrogen) atoms. The first-order valence-corrected chi connectivity index (χ1v) is 11.9. The Hall–Kier alpha value is -3.34. The Labute approximate surface area is 194 Å². The van der Waals surface area contributed by atoms with E-state index in [1.54, 1.807) is 36.1 Å². The minimum Gasteiger partial charge on any atom is -0.467 e. The molecule has 0 saturated carbocycles. The Morgan fingerprint density at radius 3 is 2.32 bits per heavy atom. The van der Waals surface area contributed by atoms with Crippen LogP contribution in [-0.4, -0.2) is 49.1 Å². The topological polar surface area (TPSA) is 81.5 Å². The van der Waals surface area contributed by atoms with Gasteiger partial charge in [-0.3, -0.25) is 0 Å². The summed E-state index contributed by atoms with van der Waals surface area (Å²) >= 11 is 0. The molecule has 1 unspecified atom stereocenters. The van der Waals surface area contributed by atoms with Crippen LogP contribution in [0.2, 0.25) is 0 Å².